The fraction of sp³-hybridized carbons (Fsp3) is 0.467. The molecular formula is C15H20. The fourth-order valence-corrected chi connectivity index (χ4v) is 2.35. The van der Waals surface area contributed by atoms with Gasteiger partial charge in [-0.1, -0.05) is 50.6 Å². The highest BCUT2D eigenvalue weighted by molar-refractivity contribution is 5.66. The summed E-state index contributed by atoms with van der Waals surface area (Å²) in [6.45, 7) is 6.83. The van der Waals surface area contributed by atoms with E-state index in [1.165, 1.54) is 36.0 Å². The Morgan fingerprint density at radius 1 is 1.27 bits per heavy atom. The van der Waals surface area contributed by atoms with Gasteiger partial charge in [-0.15, -0.1) is 0 Å². The maximum Gasteiger partial charge on any atom is -0.00578 e. The summed E-state index contributed by atoms with van der Waals surface area (Å²) in [5.41, 5.74) is 6.17. The Hall–Kier alpha value is -1.04. The van der Waals surface area contributed by atoms with Gasteiger partial charge in [-0.05, 0) is 41.9 Å². The number of hydrogen-bond acceptors (Lipinski definition) is 0. The maximum atomic E-state index is 2.41. The number of allylic oxidation sites excluding steroid dienone is 1. The smallest absolute Gasteiger partial charge is 0.00578 e. The van der Waals surface area contributed by atoms with Crippen LogP contribution in [0.2, 0.25) is 0 Å². The molecule has 1 aromatic rings. The van der Waals surface area contributed by atoms with E-state index in [1.54, 1.807) is 5.57 Å². The molecule has 0 aromatic heterocycles. The first-order chi connectivity index (χ1) is 7.20. The van der Waals surface area contributed by atoms with Crippen LogP contribution in [0.25, 0.3) is 6.08 Å². The van der Waals surface area contributed by atoms with Crippen LogP contribution in [0.1, 0.15) is 43.9 Å². The van der Waals surface area contributed by atoms with Crippen LogP contribution in [0.15, 0.2) is 23.8 Å². The first-order valence-corrected chi connectivity index (χ1v) is 6.01. The van der Waals surface area contributed by atoms with Crippen molar-refractivity contribution < 1.29 is 0 Å². The van der Waals surface area contributed by atoms with E-state index >= 15 is 0 Å². The van der Waals surface area contributed by atoms with Gasteiger partial charge in [0.2, 0.25) is 0 Å². The van der Waals surface area contributed by atoms with E-state index in [2.05, 4.69) is 45.0 Å². The standard InChI is InChI=1S/C15H20/c1-4-12-9-14-7-5-6-13(8-11(2)3)15(14)10-12/h5-7,10-11H,4,8-9H2,1-3H3. The SMILES string of the molecule is CCC1=Cc2c(cccc2CC(C)C)C1. The van der Waals surface area contributed by atoms with Gasteiger partial charge in [0.05, 0.1) is 0 Å². The average Bonchev–Trinajstić information content (AvgIpc) is 2.61. The molecule has 0 saturated heterocycles. The molecule has 0 heterocycles. The highest BCUT2D eigenvalue weighted by Gasteiger charge is 2.14. The molecule has 0 amide bonds. The van der Waals surface area contributed by atoms with E-state index in [9.17, 15) is 0 Å². The molecule has 0 saturated carbocycles. The molecule has 0 spiro atoms. The first-order valence-electron chi connectivity index (χ1n) is 6.01. The minimum atomic E-state index is 0.746. The van der Waals surface area contributed by atoms with Crippen LogP contribution in [0.5, 0.6) is 0 Å². The van der Waals surface area contributed by atoms with Crippen molar-refractivity contribution in [3.63, 3.8) is 0 Å². The summed E-state index contributed by atoms with van der Waals surface area (Å²) in [6, 6.07) is 6.77. The summed E-state index contributed by atoms with van der Waals surface area (Å²) >= 11 is 0. The summed E-state index contributed by atoms with van der Waals surface area (Å²) in [6.07, 6.45) is 5.98. The summed E-state index contributed by atoms with van der Waals surface area (Å²) in [5, 5.41) is 0. The van der Waals surface area contributed by atoms with E-state index in [0.717, 1.165) is 5.92 Å². The molecule has 2 rings (SSSR count). The van der Waals surface area contributed by atoms with Gasteiger partial charge in [-0.3, -0.25) is 0 Å². The Balaban J connectivity index is 2.34. The van der Waals surface area contributed by atoms with Crippen LogP contribution in [0, 0.1) is 5.92 Å². The number of hydrogen-bond donors (Lipinski definition) is 0. The van der Waals surface area contributed by atoms with Crippen molar-refractivity contribution in [3.8, 4) is 0 Å². The third kappa shape index (κ3) is 2.14. The molecule has 0 unspecified atom stereocenters. The molecular weight excluding hydrogens is 180 g/mol. The number of fused-ring (bicyclic) bond motifs is 1. The molecule has 0 nitrogen and oxygen atoms in total. The van der Waals surface area contributed by atoms with Crippen molar-refractivity contribution in [2.24, 2.45) is 5.92 Å². The van der Waals surface area contributed by atoms with Crippen molar-refractivity contribution in [2.45, 2.75) is 40.0 Å². The van der Waals surface area contributed by atoms with Gasteiger partial charge in [0.25, 0.3) is 0 Å². The monoisotopic (exact) mass is 200 g/mol. The predicted molar refractivity (Wildman–Crippen MR) is 67.0 cm³/mol. The molecule has 0 atom stereocenters. The maximum absolute atomic E-state index is 2.41. The molecule has 0 bridgehead atoms. The van der Waals surface area contributed by atoms with E-state index in [0.29, 0.717) is 0 Å². The zero-order valence-corrected chi connectivity index (χ0v) is 10.0. The summed E-state index contributed by atoms with van der Waals surface area (Å²) < 4.78 is 0. The number of benzene rings is 1. The lowest BCUT2D eigenvalue weighted by atomic mass is 9.96. The Morgan fingerprint density at radius 2 is 2.07 bits per heavy atom. The molecule has 0 radical (unpaired) electrons. The first kappa shape index (κ1) is 10.5. The van der Waals surface area contributed by atoms with Crippen LogP contribution >= 0.6 is 0 Å². The van der Waals surface area contributed by atoms with Crippen LogP contribution in [-0.4, -0.2) is 0 Å². The van der Waals surface area contributed by atoms with Gasteiger partial charge in [0, 0.05) is 0 Å². The highest BCUT2D eigenvalue weighted by atomic mass is 14.2. The second-order valence-corrected chi connectivity index (χ2v) is 4.92. The lowest BCUT2D eigenvalue weighted by Crippen LogP contribution is -1.97. The van der Waals surface area contributed by atoms with Gasteiger partial charge in [-0.25, -0.2) is 0 Å². The van der Waals surface area contributed by atoms with Crippen molar-refractivity contribution in [3.05, 3.63) is 40.5 Å². The van der Waals surface area contributed by atoms with Crippen LogP contribution in [-0.2, 0) is 12.8 Å². The second kappa shape index (κ2) is 4.22. The minimum Gasteiger partial charge on any atom is -0.0655 e. The van der Waals surface area contributed by atoms with Gasteiger partial charge < -0.3 is 0 Å². The van der Waals surface area contributed by atoms with E-state index < -0.39 is 0 Å². The largest absolute Gasteiger partial charge is 0.0655 e. The van der Waals surface area contributed by atoms with Crippen molar-refractivity contribution in [1.29, 1.82) is 0 Å². The Morgan fingerprint density at radius 3 is 2.73 bits per heavy atom. The predicted octanol–water partition coefficient (Wildman–Crippen LogP) is 4.23. The number of rotatable bonds is 3. The molecule has 80 valence electrons. The Bertz CT molecular complexity index is 383. The third-order valence-corrected chi connectivity index (χ3v) is 3.13. The Kier molecular flexibility index (Phi) is 2.95. The molecule has 0 fully saturated rings. The van der Waals surface area contributed by atoms with Gasteiger partial charge in [0.1, 0.15) is 0 Å². The molecule has 0 heteroatoms. The lowest BCUT2D eigenvalue weighted by molar-refractivity contribution is 0.646. The Labute approximate surface area is 93.0 Å². The molecule has 0 N–H and O–H groups in total. The van der Waals surface area contributed by atoms with Crippen molar-refractivity contribution in [2.75, 3.05) is 0 Å². The zero-order chi connectivity index (χ0) is 10.8. The van der Waals surface area contributed by atoms with E-state index in [1.807, 2.05) is 0 Å². The van der Waals surface area contributed by atoms with Crippen molar-refractivity contribution >= 4 is 6.08 Å². The minimum absolute atomic E-state index is 0.746. The van der Waals surface area contributed by atoms with E-state index in [-0.39, 0.29) is 0 Å². The second-order valence-electron chi connectivity index (χ2n) is 4.92. The lowest BCUT2D eigenvalue weighted by Gasteiger charge is -2.09. The quantitative estimate of drug-likeness (QED) is 0.684. The molecule has 1 aliphatic rings. The molecule has 1 aromatic carbocycles. The topological polar surface area (TPSA) is 0 Å². The molecule has 15 heavy (non-hydrogen) atoms. The normalized spacial score (nSPS) is 14.3. The average molecular weight is 200 g/mol. The molecule has 1 aliphatic carbocycles. The molecule has 0 aliphatic heterocycles. The van der Waals surface area contributed by atoms with Crippen LogP contribution < -0.4 is 0 Å². The van der Waals surface area contributed by atoms with Gasteiger partial charge >= 0.3 is 0 Å². The van der Waals surface area contributed by atoms with Gasteiger partial charge in [-0.2, -0.15) is 0 Å². The summed E-state index contributed by atoms with van der Waals surface area (Å²) in [7, 11) is 0. The van der Waals surface area contributed by atoms with Crippen molar-refractivity contribution in [1.82, 2.24) is 0 Å². The summed E-state index contributed by atoms with van der Waals surface area (Å²) in [5.74, 6) is 0.746. The fourth-order valence-electron chi connectivity index (χ4n) is 2.35. The summed E-state index contributed by atoms with van der Waals surface area (Å²) in [4.78, 5) is 0. The van der Waals surface area contributed by atoms with Gasteiger partial charge in [0.15, 0.2) is 0 Å². The highest BCUT2D eigenvalue weighted by Crippen LogP contribution is 2.30. The van der Waals surface area contributed by atoms with E-state index in [4.69, 9.17) is 0 Å². The van der Waals surface area contributed by atoms with Crippen LogP contribution in [0.4, 0.5) is 0 Å². The van der Waals surface area contributed by atoms with Crippen LogP contribution in [0.3, 0.4) is 0 Å². The third-order valence-electron chi connectivity index (χ3n) is 3.13. The zero-order valence-electron chi connectivity index (χ0n) is 10.0.